The average Bonchev–Trinajstić information content (AvgIpc) is 4.14. The van der Waals surface area contributed by atoms with Gasteiger partial charge in [-0.15, -0.1) is 0 Å². The fraction of sp³-hybridized carbons (Fsp3) is 0.368. The molecule has 6 aromatic heterocycles. The summed E-state index contributed by atoms with van der Waals surface area (Å²) in [6, 6.07) is 6.67. The van der Waals surface area contributed by atoms with Crippen LogP contribution < -0.4 is 0 Å². The van der Waals surface area contributed by atoms with E-state index in [0.29, 0.717) is 24.6 Å². The molecule has 2 aliphatic rings. The normalized spacial score (nSPS) is 16.1. The van der Waals surface area contributed by atoms with Gasteiger partial charge in [0.15, 0.2) is 42.6 Å². The molecular weight excluding hydrogens is 889 g/mol. The Hall–Kier alpha value is -5.67. The van der Waals surface area contributed by atoms with Gasteiger partial charge in [-0.2, -0.15) is 31.6 Å². The van der Waals surface area contributed by atoms with Gasteiger partial charge >= 0.3 is 17.7 Å². The molecule has 324 valence electrons. The van der Waals surface area contributed by atoms with Crippen LogP contribution in [0.5, 0.6) is 0 Å². The quantitative estimate of drug-likeness (QED) is 0.0740. The molecule has 0 unspecified atom stereocenters. The number of hydrogen-bond donors (Lipinski definition) is 0. The Morgan fingerprint density at radius 2 is 1.34 bits per heavy atom. The zero-order valence-electron chi connectivity index (χ0n) is 32.5. The van der Waals surface area contributed by atoms with Crippen molar-refractivity contribution in [2.45, 2.75) is 69.8 Å². The number of nitrogens with zero attached hydrogens (tertiary/aromatic N) is 9. The third-order valence-corrected chi connectivity index (χ3v) is 15.0. The second-order valence-electron chi connectivity index (χ2n) is 14.9. The molecule has 6 heterocycles. The van der Waals surface area contributed by atoms with Gasteiger partial charge in [-0.3, -0.25) is 14.8 Å². The van der Waals surface area contributed by atoms with Gasteiger partial charge in [-0.05, 0) is 72.8 Å². The summed E-state index contributed by atoms with van der Waals surface area (Å²) in [7, 11) is -5.59. The first-order chi connectivity index (χ1) is 29.0. The number of imidazole rings is 2. The molecule has 8 rings (SSSR count). The van der Waals surface area contributed by atoms with E-state index in [2.05, 4.69) is 36.0 Å². The zero-order valence-corrected chi connectivity index (χ0v) is 35.0. The summed E-state index contributed by atoms with van der Waals surface area (Å²) in [5.74, 6) is -2.18. The molecule has 0 atom stereocenters. The minimum Gasteiger partial charge on any atom is -0.464 e. The Labute approximate surface area is 352 Å². The minimum atomic E-state index is -4.71. The largest absolute Gasteiger partial charge is 0.464 e. The number of thioether (sulfide) groups is 1. The van der Waals surface area contributed by atoms with Crippen LogP contribution in [0.1, 0.15) is 49.3 Å². The summed E-state index contributed by atoms with van der Waals surface area (Å²) in [6.07, 6.45) is 0.819. The van der Waals surface area contributed by atoms with Gasteiger partial charge in [-0.1, -0.05) is 6.92 Å². The predicted molar refractivity (Wildman–Crippen MR) is 209 cm³/mol. The third kappa shape index (κ3) is 7.63. The van der Waals surface area contributed by atoms with Gasteiger partial charge in [0.05, 0.1) is 43.8 Å². The van der Waals surface area contributed by atoms with E-state index in [4.69, 9.17) is 4.74 Å². The molecule has 0 amide bonds. The van der Waals surface area contributed by atoms with Crippen molar-refractivity contribution in [3.8, 4) is 29.1 Å². The van der Waals surface area contributed by atoms with Crippen molar-refractivity contribution in [1.82, 2.24) is 39.0 Å². The van der Waals surface area contributed by atoms with Gasteiger partial charge < -0.3 is 13.9 Å². The van der Waals surface area contributed by atoms with Crippen LogP contribution in [-0.4, -0.2) is 85.5 Å². The highest BCUT2D eigenvalue weighted by Crippen LogP contribution is 2.51. The van der Waals surface area contributed by atoms with Crippen molar-refractivity contribution in [3.05, 3.63) is 65.7 Å². The molecule has 0 saturated heterocycles. The molecule has 0 radical (unpaired) electrons. The number of fused-ring (bicyclic) bond motifs is 2. The molecule has 62 heavy (non-hydrogen) atoms. The van der Waals surface area contributed by atoms with Crippen molar-refractivity contribution in [1.29, 1.82) is 5.26 Å². The van der Waals surface area contributed by atoms with Crippen molar-refractivity contribution in [2.75, 3.05) is 18.1 Å². The van der Waals surface area contributed by atoms with Gasteiger partial charge in [0.2, 0.25) is 0 Å². The van der Waals surface area contributed by atoms with Gasteiger partial charge in [-0.25, -0.2) is 36.8 Å². The number of pyridine rings is 4. The van der Waals surface area contributed by atoms with Gasteiger partial charge in [0.25, 0.3) is 0 Å². The monoisotopic (exact) mass is 919 g/mol. The Morgan fingerprint density at radius 1 is 0.790 bits per heavy atom. The standard InChI is InChI=1S/C38H31F6N9O6S3/c1-4-61(55,56)26-13-21(16-47-28(26)32-50-24-11-22(37(39,40)41)17-48-30(24)52(32)2)36(7-8-36)34(54)59-9-10-62(57,58)27-12-20(35(19-45)5-6-35)15-46-29(27)33-51-25-14-23(60-38(42,43)44)18-49-31(25)53(33)3/h11-18H,4-10H2,1-3H3. The second-order valence-corrected chi connectivity index (χ2v) is 20.4. The SMILES string of the molecule is CCS(=O)(=O)c1cc(C2(C(=O)OCCS(=O)(=O)c3cc(C4(C#N)CC4)cnc3-c3nc4cc(SC(F)(F)F)cnc4n3C)CC2)cnc1-c1nc2cc(C(F)(F)F)cnc2n1C. The predicted octanol–water partition coefficient (Wildman–Crippen LogP) is 6.40. The van der Waals surface area contributed by atoms with Crippen LogP contribution in [0.4, 0.5) is 26.3 Å². The van der Waals surface area contributed by atoms with E-state index in [-0.39, 0.29) is 78.5 Å². The molecular formula is C38H31F6N9O6S3. The van der Waals surface area contributed by atoms with E-state index in [1.807, 2.05) is 0 Å². The fourth-order valence-corrected chi connectivity index (χ4v) is 9.96. The Bertz CT molecular complexity index is 3120. The molecule has 2 fully saturated rings. The molecule has 2 saturated carbocycles. The van der Waals surface area contributed by atoms with Crippen LogP contribution in [0.3, 0.4) is 0 Å². The summed E-state index contributed by atoms with van der Waals surface area (Å²) in [4.78, 5) is 38.1. The lowest BCUT2D eigenvalue weighted by molar-refractivity contribution is -0.146. The summed E-state index contributed by atoms with van der Waals surface area (Å²) < 4.78 is 143. The number of aryl methyl sites for hydroxylation is 2. The maximum absolute atomic E-state index is 14.1. The van der Waals surface area contributed by atoms with E-state index in [1.165, 1.54) is 54.7 Å². The Kier molecular flexibility index (Phi) is 10.2. The number of aromatic nitrogens is 8. The van der Waals surface area contributed by atoms with Crippen LogP contribution in [0, 0.1) is 11.3 Å². The number of esters is 1. The summed E-state index contributed by atoms with van der Waals surface area (Å²) in [5.41, 5.74) is -7.86. The Balaban J connectivity index is 1.08. The summed E-state index contributed by atoms with van der Waals surface area (Å²) >= 11 is -0.392. The molecule has 0 spiro atoms. The zero-order chi connectivity index (χ0) is 44.8. The number of carbonyl (C=O) groups is 1. The maximum atomic E-state index is 14.1. The summed E-state index contributed by atoms with van der Waals surface area (Å²) in [5, 5.41) is 9.87. The van der Waals surface area contributed by atoms with Crippen LogP contribution >= 0.6 is 11.8 Å². The number of carbonyl (C=O) groups excluding carboxylic acids is 1. The average molecular weight is 920 g/mol. The fourth-order valence-electron chi connectivity index (χ4n) is 7.10. The molecule has 0 aliphatic heterocycles. The number of hydrogen-bond acceptors (Lipinski definition) is 14. The number of alkyl halides is 6. The summed E-state index contributed by atoms with van der Waals surface area (Å²) in [6.45, 7) is 0.706. The number of ether oxygens (including phenoxy) is 1. The molecule has 0 bridgehead atoms. The van der Waals surface area contributed by atoms with Gasteiger partial charge in [0.1, 0.15) is 29.0 Å². The molecule has 15 nitrogen and oxygen atoms in total. The molecule has 24 heteroatoms. The molecule has 2 aliphatic carbocycles. The Morgan fingerprint density at radius 3 is 1.87 bits per heavy atom. The highest BCUT2D eigenvalue weighted by molar-refractivity contribution is 8.00. The lowest BCUT2D eigenvalue weighted by Gasteiger charge is -2.18. The maximum Gasteiger partial charge on any atom is 0.446 e. The molecule has 0 N–H and O–H groups in total. The van der Waals surface area contributed by atoms with E-state index in [9.17, 15) is 53.2 Å². The number of rotatable bonds is 12. The van der Waals surface area contributed by atoms with Crippen molar-refractivity contribution in [3.63, 3.8) is 0 Å². The number of sulfone groups is 2. The number of halogens is 6. The lowest BCUT2D eigenvalue weighted by Crippen LogP contribution is -2.26. The first-order valence-electron chi connectivity index (χ1n) is 18.6. The van der Waals surface area contributed by atoms with Crippen molar-refractivity contribution >= 4 is 59.7 Å². The third-order valence-electron chi connectivity index (χ3n) is 10.9. The highest BCUT2D eigenvalue weighted by Gasteiger charge is 2.54. The smallest absolute Gasteiger partial charge is 0.446 e. The van der Waals surface area contributed by atoms with E-state index in [1.54, 1.807) is 0 Å². The highest BCUT2D eigenvalue weighted by atomic mass is 32.2. The van der Waals surface area contributed by atoms with Gasteiger partial charge in [0, 0.05) is 43.8 Å². The van der Waals surface area contributed by atoms with E-state index in [0.717, 1.165) is 18.3 Å². The van der Waals surface area contributed by atoms with E-state index >= 15 is 0 Å². The van der Waals surface area contributed by atoms with Crippen molar-refractivity contribution < 1.29 is 52.7 Å². The topological polar surface area (TPSA) is 206 Å². The van der Waals surface area contributed by atoms with Crippen molar-refractivity contribution in [2.24, 2.45) is 14.1 Å². The minimum absolute atomic E-state index is 0.0330. The number of nitriles is 1. The van der Waals surface area contributed by atoms with Crippen LogP contribution in [0.2, 0.25) is 0 Å². The lowest BCUT2D eigenvalue weighted by atomic mass is 9.97. The first kappa shape index (κ1) is 43.0. The van der Waals surface area contributed by atoms with E-state index < -0.39 is 83.6 Å². The second kappa shape index (κ2) is 14.7. The molecule has 0 aromatic carbocycles. The van der Waals surface area contributed by atoms with Crippen LogP contribution in [0.25, 0.3) is 45.4 Å². The van der Waals surface area contributed by atoms with Crippen LogP contribution in [0.15, 0.2) is 63.7 Å². The first-order valence-corrected chi connectivity index (χ1v) is 22.7. The molecule has 6 aromatic rings. The van der Waals surface area contributed by atoms with Crippen LogP contribution in [-0.2, 0) is 60.3 Å².